The van der Waals surface area contributed by atoms with Gasteiger partial charge in [0.2, 0.25) is 0 Å². The summed E-state index contributed by atoms with van der Waals surface area (Å²) in [5.74, 6) is 0.00478. The van der Waals surface area contributed by atoms with Gasteiger partial charge in [-0.1, -0.05) is 41.9 Å². The molecule has 0 amide bonds. The van der Waals surface area contributed by atoms with Gasteiger partial charge in [0.05, 0.1) is 33.2 Å². The molecular formula is C32H29ClN4O4. The van der Waals surface area contributed by atoms with Gasteiger partial charge >= 0.3 is 0 Å². The number of nitrogens with zero attached hydrogens (tertiary/aromatic N) is 3. The van der Waals surface area contributed by atoms with E-state index in [1.165, 1.54) is 12.1 Å². The van der Waals surface area contributed by atoms with Crippen LogP contribution in [-0.2, 0) is 11.4 Å². The molecule has 2 aliphatic rings. The zero-order valence-electron chi connectivity index (χ0n) is 23.0. The Bertz CT molecular complexity index is 1700. The van der Waals surface area contributed by atoms with Gasteiger partial charge in [-0.25, -0.2) is 0 Å². The van der Waals surface area contributed by atoms with E-state index in [0.717, 1.165) is 27.8 Å². The van der Waals surface area contributed by atoms with E-state index >= 15 is 0 Å². The van der Waals surface area contributed by atoms with Gasteiger partial charge in [0.25, 0.3) is 5.69 Å². The van der Waals surface area contributed by atoms with Crippen molar-refractivity contribution in [3.63, 3.8) is 0 Å². The minimum absolute atomic E-state index is 0.0570. The van der Waals surface area contributed by atoms with Gasteiger partial charge in [-0.15, -0.1) is 0 Å². The monoisotopic (exact) mass is 568 g/mol. The number of carbonyl (C=O) groups is 1. The fourth-order valence-corrected chi connectivity index (χ4v) is 5.92. The Morgan fingerprint density at radius 2 is 1.85 bits per heavy atom. The predicted molar refractivity (Wildman–Crippen MR) is 157 cm³/mol. The summed E-state index contributed by atoms with van der Waals surface area (Å²) in [4.78, 5) is 26.4. The Balaban J connectivity index is 1.66. The third-order valence-corrected chi connectivity index (χ3v) is 8.13. The largest absolute Gasteiger partial charge is 0.487 e. The third kappa shape index (κ3) is 5.05. The van der Waals surface area contributed by atoms with Gasteiger partial charge in [-0.3, -0.25) is 19.8 Å². The molecule has 9 heteroatoms. The van der Waals surface area contributed by atoms with Gasteiger partial charge in [0, 0.05) is 29.8 Å². The third-order valence-electron chi connectivity index (χ3n) is 7.81. The Morgan fingerprint density at radius 1 is 1.10 bits per heavy atom. The number of nitro benzene ring substituents is 1. The van der Waals surface area contributed by atoms with Crippen LogP contribution in [0.15, 0.2) is 77.3 Å². The number of carbonyl (C=O) groups excluding carboxylic acids is 1. The average Bonchev–Trinajstić information content (AvgIpc) is 2.93. The topological polar surface area (TPSA) is 122 Å². The number of Topliss-reactive ketones (excluding diaryl/α,β-unsaturated/α-hetero) is 1. The van der Waals surface area contributed by atoms with E-state index in [-0.39, 0.29) is 29.5 Å². The number of allylic oxidation sites excluding steroid dienone is 3. The van der Waals surface area contributed by atoms with Crippen LogP contribution in [0, 0.1) is 42.2 Å². The molecule has 0 saturated carbocycles. The molecule has 1 atom stereocenters. The van der Waals surface area contributed by atoms with Gasteiger partial charge in [0.15, 0.2) is 5.78 Å². The molecular weight excluding hydrogens is 540 g/mol. The SMILES string of the molecule is Cc1cc(C)c(C2C(C#N)=C(N)N(c3cc([N+](=O)[O-])ccc3C)C3=C2C(=O)CCC3)cc1COc1ccccc1Cl. The van der Waals surface area contributed by atoms with Crippen molar-refractivity contribution in [3.8, 4) is 11.8 Å². The number of nitrogens with two attached hydrogens (primary N) is 1. The molecule has 5 rings (SSSR count). The lowest BCUT2D eigenvalue weighted by molar-refractivity contribution is -0.384. The fraction of sp³-hybridized carbons (Fsp3) is 0.250. The summed E-state index contributed by atoms with van der Waals surface area (Å²) in [5, 5.41) is 22.5. The second kappa shape index (κ2) is 11.1. The number of hydrogen-bond donors (Lipinski definition) is 1. The van der Waals surface area contributed by atoms with E-state index in [1.807, 2.05) is 45.0 Å². The number of ketones is 1. The molecule has 1 heterocycles. The highest BCUT2D eigenvalue weighted by Crippen LogP contribution is 2.48. The fourth-order valence-electron chi connectivity index (χ4n) is 5.72. The summed E-state index contributed by atoms with van der Waals surface area (Å²) in [7, 11) is 0. The van der Waals surface area contributed by atoms with E-state index in [1.54, 1.807) is 23.1 Å². The standard InChI is InChI=1S/C32H29ClN4O4/c1-18-11-12-22(37(39)40)15-27(18)36-26-8-6-9-28(38)31(26)30(24(16-34)32(36)35)23-14-21(19(2)13-20(23)3)17-41-29-10-5-4-7-25(29)33/h4-5,7,10-15,30H,6,8-9,17,35H2,1-3H3. The van der Waals surface area contributed by atoms with Crippen LogP contribution in [0.5, 0.6) is 5.75 Å². The summed E-state index contributed by atoms with van der Waals surface area (Å²) in [6, 6.07) is 18.1. The van der Waals surface area contributed by atoms with Gasteiger partial charge in [-0.2, -0.15) is 5.26 Å². The molecule has 0 saturated heterocycles. The highest BCUT2D eigenvalue weighted by Gasteiger charge is 2.41. The first-order valence-electron chi connectivity index (χ1n) is 13.3. The molecule has 0 bridgehead atoms. The molecule has 0 aromatic heterocycles. The Kier molecular flexibility index (Phi) is 7.57. The van der Waals surface area contributed by atoms with Crippen molar-refractivity contribution in [1.82, 2.24) is 0 Å². The summed E-state index contributed by atoms with van der Waals surface area (Å²) < 4.78 is 6.03. The lowest BCUT2D eigenvalue weighted by atomic mass is 9.74. The average molecular weight is 569 g/mol. The molecule has 8 nitrogen and oxygen atoms in total. The molecule has 1 unspecified atom stereocenters. The van der Waals surface area contributed by atoms with E-state index in [9.17, 15) is 20.2 Å². The molecule has 0 spiro atoms. The Morgan fingerprint density at radius 3 is 2.56 bits per heavy atom. The van der Waals surface area contributed by atoms with Crippen molar-refractivity contribution in [1.29, 1.82) is 5.26 Å². The van der Waals surface area contributed by atoms with E-state index < -0.39 is 10.8 Å². The summed E-state index contributed by atoms with van der Waals surface area (Å²) >= 11 is 6.29. The summed E-state index contributed by atoms with van der Waals surface area (Å²) in [6.45, 7) is 6.01. The maximum absolute atomic E-state index is 13.6. The molecule has 0 fully saturated rings. The van der Waals surface area contributed by atoms with Crippen molar-refractivity contribution in [2.24, 2.45) is 5.73 Å². The van der Waals surface area contributed by atoms with Gasteiger partial charge in [0.1, 0.15) is 18.2 Å². The number of aryl methyl sites for hydroxylation is 3. The van der Waals surface area contributed by atoms with E-state index in [2.05, 4.69) is 6.07 Å². The number of hydrogen-bond acceptors (Lipinski definition) is 7. The first kappa shape index (κ1) is 27.9. The second-order valence-electron chi connectivity index (χ2n) is 10.4. The number of para-hydroxylation sites is 1. The quantitative estimate of drug-likeness (QED) is 0.249. The van der Waals surface area contributed by atoms with Crippen LogP contribution in [0.1, 0.15) is 53.0 Å². The van der Waals surface area contributed by atoms with Crippen LogP contribution in [0.2, 0.25) is 5.02 Å². The number of nitro groups is 1. The number of rotatable bonds is 6. The first-order chi connectivity index (χ1) is 19.6. The summed E-state index contributed by atoms with van der Waals surface area (Å²) in [6.07, 6.45) is 1.52. The summed E-state index contributed by atoms with van der Waals surface area (Å²) in [5.41, 5.74) is 12.9. The van der Waals surface area contributed by atoms with Crippen LogP contribution in [0.25, 0.3) is 0 Å². The minimum Gasteiger partial charge on any atom is -0.487 e. The smallest absolute Gasteiger partial charge is 0.271 e. The van der Waals surface area contributed by atoms with Crippen molar-refractivity contribution in [2.45, 2.75) is 52.6 Å². The molecule has 0 radical (unpaired) electrons. The number of benzene rings is 3. The van der Waals surface area contributed by atoms with Crippen molar-refractivity contribution >= 4 is 28.8 Å². The van der Waals surface area contributed by atoms with E-state index in [0.29, 0.717) is 47.0 Å². The van der Waals surface area contributed by atoms with Crippen molar-refractivity contribution in [3.05, 3.63) is 120 Å². The highest BCUT2D eigenvalue weighted by molar-refractivity contribution is 6.32. The Labute approximate surface area is 243 Å². The first-order valence-corrected chi connectivity index (χ1v) is 13.7. The molecule has 2 N–H and O–H groups in total. The number of non-ortho nitro benzene ring substituents is 1. The molecule has 3 aromatic rings. The zero-order chi connectivity index (χ0) is 29.4. The van der Waals surface area contributed by atoms with Crippen LogP contribution in [0.3, 0.4) is 0 Å². The van der Waals surface area contributed by atoms with Crippen LogP contribution < -0.4 is 15.4 Å². The van der Waals surface area contributed by atoms with Gasteiger partial charge in [-0.05, 0) is 73.6 Å². The molecule has 1 aliphatic carbocycles. The number of anilines is 1. The number of ether oxygens (including phenoxy) is 1. The highest BCUT2D eigenvalue weighted by atomic mass is 35.5. The maximum Gasteiger partial charge on any atom is 0.271 e. The number of nitriles is 1. The van der Waals surface area contributed by atoms with Crippen LogP contribution in [-0.4, -0.2) is 10.7 Å². The Hall–Kier alpha value is -4.61. The van der Waals surface area contributed by atoms with Gasteiger partial charge < -0.3 is 10.5 Å². The normalized spacial score (nSPS) is 16.9. The van der Waals surface area contributed by atoms with Crippen LogP contribution in [0.4, 0.5) is 11.4 Å². The second-order valence-corrected chi connectivity index (χ2v) is 10.8. The molecule has 1 aliphatic heterocycles. The van der Waals surface area contributed by atoms with Crippen molar-refractivity contribution in [2.75, 3.05) is 4.90 Å². The molecule has 41 heavy (non-hydrogen) atoms. The lowest BCUT2D eigenvalue weighted by Crippen LogP contribution is -2.39. The maximum atomic E-state index is 13.6. The predicted octanol–water partition coefficient (Wildman–Crippen LogP) is 7.06. The van der Waals surface area contributed by atoms with E-state index in [4.69, 9.17) is 22.1 Å². The molecule has 208 valence electrons. The number of halogens is 1. The van der Waals surface area contributed by atoms with Crippen molar-refractivity contribution < 1.29 is 14.5 Å². The molecule has 3 aromatic carbocycles. The van der Waals surface area contributed by atoms with Crippen LogP contribution >= 0.6 is 11.6 Å². The lowest BCUT2D eigenvalue weighted by Gasteiger charge is -2.40. The minimum atomic E-state index is -0.669. The zero-order valence-corrected chi connectivity index (χ0v) is 23.8.